The molecule has 0 atom stereocenters. The number of esters is 1. The van der Waals surface area contributed by atoms with Crippen LogP contribution in [0.5, 0.6) is 0 Å². The number of halogens is 2. The van der Waals surface area contributed by atoms with Crippen molar-refractivity contribution < 1.29 is 18.7 Å². The number of benzene rings is 1. The van der Waals surface area contributed by atoms with E-state index < -0.39 is 5.97 Å². The quantitative estimate of drug-likeness (QED) is 0.363. The monoisotopic (exact) mass is 453 g/mol. The van der Waals surface area contributed by atoms with E-state index in [1.807, 2.05) is 12.1 Å². The van der Waals surface area contributed by atoms with Gasteiger partial charge in [0, 0.05) is 17.0 Å². The predicted octanol–water partition coefficient (Wildman–Crippen LogP) is 5.18. The number of hydrogen-bond acceptors (Lipinski definition) is 6. The lowest BCUT2D eigenvalue weighted by molar-refractivity contribution is -0.142. The van der Waals surface area contributed by atoms with Crippen LogP contribution in [0.15, 0.2) is 50.8 Å². The van der Waals surface area contributed by atoms with Crippen molar-refractivity contribution in [2.75, 3.05) is 6.61 Å². The number of nitrogens with zero attached hydrogens (tertiary/aromatic N) is 1. The van der Waals surface area contributed by atoms with Gasteiger partial charge >= 0.3 is 5.97 Å². The van der Waals surface area contributed by atoms with E-state index in [1.165, 1.54) is 11.3 Å². The van der Waals surface area contributed by atoms with Crippen LogP contribution in [0.25, 0.3) is 11.3 Å². The first-order chi connectivity index (χ1) is 12.5. The maximum Gasteiger partial charge on any atom is 0.306 e. The molecule has 0 saturated carbocycles. The standard InChI is InChI=1S/C18H13BrClNO4S/c19-16-6-5-15(26-16)13(22)10-24-18(23)8-7-17-21-9-14(25-17)11-1-3-12(20)4-2-11/h1-6,9H,7-8,10H2. The summed E-state index contributed by atoms with van der Waals surface area (Å²) >= 11 is 10.4. The Morgan fingerprint density at radius 3 is 2.65 bits per heavy atom. The molecule has 0 aliphatic carbocycles. The summed E-state index contributed by atoms with van der Waals surface area (Å²) in [6.07, 6.45) is 1.98. The molecule has 134 valence electrons. The average Bonchev–Trinajstić information content (AvgIpc) is 3.27. The number of hydrogen-bond donors (Lipinski definition) is 0. The van der Waals surface area contributed by atoms with Crippen LogP contribution in [0.4, 0.5) is 0 Å². The summed E-state index contributed by atoms with van der Waals surface area (Å²) in [7, 11) is 0. The highest BCUT2D eigenvalue weighted by Gasteiger charge is 2.13. The zero-order valence-electron chi connectivity index (χ0n) is 13.4. The number of ether oxygens (including phenoxy) is 1. The van der Waals surface area contributed by atoms with E-state index in [1.54, 1.807) is 30.5 Å². The van der Waals surface area contributed by atoms with Gasteiger partial charge in [0.1, 0.15) is 0 Å². The topological polar surface area (TPSA) is 69.4 Å². The van der Waals surface area contributed by atoms with Crippen LogP contribution in [-0.4, -0.2) is 23.3 Å². The molecule has 1 aromatic carbocycles. The van der Waals surface area contributed by atoms with E-state index in [2.05, 4.69) is 20.9 Å². The smallest absolute Gasteiger partial charge is 0.306 e. The lowest BCUT2D eigenvalue weighted by Gasteiger charge is -2.02. The Morgan fingerprint density at radius 1 is 1.19 bits per heavy atom. The summed E-state index contributed by atoms with van der Waals surface area (Å²) < 4.78 is 11.5. The fourth-order valence-corrected chi connectivity index (χ4v) is 3.57. The number of oxazole rings is 1. The first-order valence-electron chi connectivity index (χ1n) is 7.66. The van der Waals surface area contributed by atoms with E-state index in [-0.39, 0.29) is 18.8 Å². The van der Waals surface area contributed by atoms with Gasteiger partial charge in [-0.25, -0.2) is 4.98 Å². The summed E-state index contributed by atoms with van der Waals surface area (Å²) in [6.45, 7) is -0.270. The number of carbonyl (C=O) groups is 2. The Hall–Kier alpha value is -1.96. The minimum absolute atomic E-state index is 0.0853. The van der Waals surface area contributed by atoms with Gasteiger partial charge in [-0.3, -0.25) is 9.59 Å². The van der Waals surface area contributed by atoms with Crippen LogP contribution < -0.4 is 0 Å². The first-order valence-corrected chi connectivity index (χ1v) is 9.65. The minimum atomic E-state index is -0.472. The largest absolute Gasteiger partial charge is 0.457 e. The second kappa shape index (κ2) is 8.62. The lowest BCUT2D eigenvalue weighted by atomic mass is 10.2. The molecule has 0 unspecified atom stereocenters. The maximum atomic E-state index is 11.9. The van der Waals surface area contributed by atoms with Gasteiger partial charge in [0.05, 0.1) is 21.3 Å². The van der Waals surface area contributed by atoms with Crippen molar-refractivity contribution in [3.05, 3.63) is 62.2 Å². The SMILES string of the molecule is O=C(CCc1ncc(-c2ccc(Cl)cc2)o1)OCC(=O)c1ccc(Br)s1. The fourth-order valence-electron chi connectivity index (χ4n) is 2.14. The van der Waals surface area contributed by atoms with Gasteiger partial charge < -0.3 is 9.15 Å². The van der Waals surface area contributed by atoms with Crippen LogP contribution in [-0.2, 0) is 16.0 Å². The van der Waals surface area contributed by atoms with Crippen molar-refractivity contribution in [2.24, 2.45) is 0 Å². The molecule has 8 heteroatoms. The van der Waals surface area contributed by atoms with Crippen molar-refractivity contribution in [3.8, 4) is 11.3 Å². The molecule has 26 heavy (non-hydrogen) atoms. The zero-order valence-corrected chi connectivity index (χ0v) is 16.6. The van der Waals surface area contributed by atoms with Crippen LogP contribution in [0.2, 0.25) is 5.02 Å². The molecule has 2 aromatic heterocycles. The molecule has 0 bridgehead atoms. The van der Waals surface area contributed by atoms with E-state index >= 15 is 0 Å². The Kier molecular flexibility index (Phi) is 6.24. The molecule has 0 fully saturated rings. The number of aryl methyl sites for hydroxylation is 1. The number of Topliss-reactive ketones (excluding diaryl/α,β-unsaturated/α-hetero) is 1. The molecule has 5 nitrogen and oxygen atoms in total. The van der Waals surface area contributed by atoms with Crippen LogP contribution in [0.1, 0.15) is 22.0 Å². The van der Waals surface area contributed by atoms with Crippen molar-refractivity contribution in [1.29, 1.82) is 0 Å². The zero-order chi connectivity index (χ0) is 18.5. The highest BCUT2D eigenvalue weighted by Crippen LogP contribution is 2.23. The Balaban J connectivity index is 1.47. The molecule has 2 heterocycles. The van der Waals surface area contributed by atoms with Gasteiger partial charge in [0.15, 0.2) is 18.3 Å². The maximum absolute atomic E-state index is 11.9. The number of aromatic nitrogens is 1. The van der Waals surface area contributed by atoms with Crippen molar-refractivity contribution in [2.45, 2.75) is 12.8 Å². The van der Waals surface area contributed by atoms with E-state index in [0.29, 0.717) is 28.0 Å². The molecular weight excluding hydrogens is 442 g/mol. The summed E-state index contributed by atoms with van der Waals surface area (Å²) in [5.41, 5.74) is 0.850. The third-order valence-corrected chi connectivity index (χ3v) is 5.35. The van der Waals surface area contributed by atoms with Gasteiger partial charge in [-0.05, 0) is 52.3 Å². The lowest BCUT2D eigenvalue weighted by Crippen LogP contribution is -2.13. The molecule has 3 aromatic rings. The summed E-state index contributed by atoms with van der Waals surface area (Å²) in [5.74, 6) is 0.333. The molecule has 0 aliphatic heterocycles. The molecule has 0 radical (unpaired) electrons. The van der Waals surface area contributed by atoms with Crippen LogP contribution >= 0.6 is 38.9 Å². The van der Waals surface area contributed by atoms with Gasteiger partial charge in [-0.15, -0.1) is 11.3 Å². The Labute approximate surface area is 167 Å². The minimum Gasteiger partial charge on any atom is -0.457 e. The Morgan fingerprint density at radius 2 is 1.96 bits per heavy atom. The number of rotatable bonds is 7. The third-order valence-electron chi connectivity index (χ3n) is 3.44. The average molecular weight is 455 g/mol. The molecule has 0 amide bonds. The molecular formula is C18H13BrClNO4S. The fraction of sp³-hybridized carbons (Fsp3) is 0.167. The van der Waals surface area contributed by atoms with Crippen molar-refractivity contribution >= 4 is 50.6 Å². The predicted molar refractivity (Wildman–Crippen MR) is 103 cm³/mol. The molecule has 0 aliphatic rings. The summed E-state index contributed by atoms with van der Waals surface area (Å²) in [4.78, 5) is 28.4. The molecule has 3 rings (SSSR count). The van der Waals surface area contributed by atoms with Crippen molar-refractivity contribution in [1.82, 2.24) is 4.98 Å². The molecule has 0 spiro atoms. The van der Waals surface area contributed by atoms with Crippen molar-refractivity contribution in [3.63, 3.8) is 0 Å². The van der Waals surface area contributed by atoms with E-state index in [9.17, 15) is 9.59 Å². The normalized spacial score (nSPS) is 10.7. The van der Waals surface area contributed by atoms with E-state index in [4.69, 9.17) is 20.8 Å². The third kappa shape index (κ3) is 5.03. The first kappa shape index (κ1) is 18.8. The highest BCUT2D eigenvalue weighted by molar-refractivity contribution is 9.11. The van der Waals surface area contributed by atoms with Gasteiger partial charge in [-0.2, -0.15) is 0 Å². The number of carbonyl (C=O) groups excluding carboxylic acids is 2. The second-order valence-electron chi connectivity index (χ2n) is 5.31. The summed E-state index contributed by atoms with van der Waals surface area (Å²) in [5, 5.41) is 0.640. The number of ketones is 1. The Bertz CT molecular complexity index is 919. The second-order valence-corrected chi connectivity index (χ2v) is 8.21. The van der Waals surface area contributed by atoms with Gasteiger partial charge in [0.25, 0.3) is 0 Å². The van der Waals surface area contributed by atoms with Gasteiger partial charge in [-0.1, -0.05) is 11.6 Å². The van der Waals surface area contributed by atoms with Crippen LogP contribution in [0.3, 0.4) is 0 Å². The summed E-state index contributed by atoms with van der Waals surface area (Å²) in [6, 6.07) is 10.7. The highest BCUT2D eigenvalue weighted by atomic mass is 79.9. The molecule has 0 saturated heterocycles. The van der Waals surface area contributed by atoms with Crippen LogP contribution in [0, 0.1) is 0 Å². The van der Waals surface area contributed by atoms with E-state index in [0.717, 1.165) is 9.35 Å². The number of thiophene rings is 1. The van der Waals surface area contributed by atoms with Gasteiger partial charge in [0.2, 0.25) is 5.78 Å². The molecule has 0 N–H and O–H groups in total.